The van der Waals surface area contributed by atoms with Gasteiger partial charge in [-0.2, -0.15) is 0 Å². The SMILES string of the molecule is CNC1C=CC=C(CCc2ccccc2)C1. The Morgan fingerprint density at radius 1 is 1.19 bits per heavy atom. The number of aryl methyl sites for hydroxylation is 1. The molecule has 0 saturated carbocycles. The molecule has 0 spiro atoms. The number of benzene rings is 1. The van der Waals surface area contributed by atoms with Gasteiger partial charge in [-0.15, -0.1) is 0 Å². The third kappa shape index (κ3) is 3.07. The van der Waals surface area contributed by atoms with Gasteiger partial charge in [0.25, 0.3) is 0 Å². The second-order valence-corrected chi connectivity index (χ2v) is 4.29. The van der Waals surface area contributed by atoms with Crippen LogP contribution in [-0.2, 0) is 6.42 Å². The first kappa shape index (κ1) is 11.2. The van der Waals surface area contributed by atoms with Crippen LogP contribution in [-0.4, -0.2) is 13.1 Å². The highest BCUT2D eigenvalue weighted by Gasteiger charge is 2.08. The summed E-state index contributed by atoms with van der Waals surface area (Å²) in [5.74, 6) is 0. The summed E-state index contributed by atoms with van der Waals surface area (Å²) < 4.78 is 0. The molecule has 0 bridgehead atoms. The van der Waals surface area contributed by atoms with E-state index in [-0.39, 0.29) is 0 Å². The maximum atomic E-state index is 3.30. The van der Waals surface area contributed by atoms with E-state index in [9.17, 15) is 0 Å². The average molecular weight is 213 g/mol. The van der Waals surface area contributed by atoms with Crippen LogP contribution in [0.25, 0.3) is 0 Å². The Bertz CT molecular complexity index is 376. The van der Waals surface area contributed by atoms with E-state index in [1.54, 1.807) is 5.57 Å². The van der Waals surface area contributed by atoms with Crippen LogP contribution in [0.4, 0.5) is 0 Å². The Morgan fingerprint density at radius 2 is 2.00 bits per heavy atom. The zero-order valence-corrected chi connectivity index (χ0v) is 9.82. The molecule has 0 radical (unpaired) electrons. The minimum absolute atomic E-state index is 0.524. The maximum Gasteiger partial charge on any atom is 0.0287 e. The van der Waals surface area contributed by atoms with E-state index in [0.29, 0.717) is 6.04 Å². The summed E-state index contributed by atoms with van der Waals surface area (Å²) in [6.07, 6.45) is 10.1. The number of rotatable bonds is 4. The van der Waals surface area contributed by atoms with E-state index < -0.39 is 0 Å². The van der Waals surface area contributed by atoms with E-state index in [1.165, 1.54) is 12.0 Å². The third-order valence-corrected chi connectivity index (χ3v) is 3.11. The van der Waals surface area contributed by atoms with Crippen LogP contribution >= 0.6 is 0 Å². The molecule has 0 amide bonds. The summed E-state index contributed by atoms with van der Waals surface area (Å²) in [6, 6.07) is 11.2. The van der Waals surface area contributed by atoms with Gasteiger partial charge in [-0.05, 0) is 31.9 Å². The molecule has 1 atom stereocenters. The fourth-order valence-corrected chi connectivity index (χ4v) is 2.08. The van der Waals surface area contributed by atoms with Crippen molar-refractivity contribution in [2.75, 3.05) is 7.05 Å². The Kier molecular flexibility index (Phi) is 3.95. The molecule has 0 aliphatic heterocycles. The summed E-state index contributed by atoms with van der Waals surface area (Å²) in [6.45, 7) is 0. The van der Waals surface area contributed by atoms with Gasteiger partial charge in [-0.25, -0.2) is 0 Å². The van der Waals surface area contributed by atoms with Crippen LogP contribution in [0, 0.1) is 0 Å². The van der Waals surface area contributed by atoms with Crippen LogP contribution < -0.4 is 5.32 Å². The predicted molar refractivity (Wildman–Crippen MR) is 69.5 cm³/mol. The highest BCUT2D eigenvalue weighted by atomic mass is 14.9. The lowest BCUT2D eigenvalue weighted by molar-refractivity contribution is 0.637. The van der Waals surface area contributed by atoms with Gasteiger partial charge in [0.1, 0.15) is 0 Å². The molecule has 0 fully saturated rings. The van der Waals surface area contributed by atoms with Crippen molar-refractivity contribution in [1.29, 1.82) is 0 Å². The number of allylic oxidation sites excluding steroid dienone is 2. The topological polar surface area (TPSA) is 12.0 Å². The van der Waals surface area contributed by atoms with Crippen molar-refractivity contribution in [2.45, 2.75) is 25.3 Å². The van der Waals surface area contributed by atoms with Gasteiger partial charge in [-0.3, -0.25) is 0 Å². The molecule has 16 heavy (non-hydrogen) atoms. The first-order chi connectivity index (χ1) is 7.88. The van der Waals surface area contributed by atoms with Crippen molar-refractivity contribution in [3.05, 3.63) is 59.7 Å². The van der Waals surface area contributed by atoms with Crippen molar-refractivity contribution in [2.24, 2.45) is 0 Å². The molecule has 1 aliphatic rings. The highest BCUT2D eigenvalue weighted by molar-refractivity contribution is 5.24. The Labute approximate surface area is 97.9 Å². The summed E-state index contributed by atoms with van der Waals surface area (Å²) in [5, 5.41) is 3.30. The molecule has 1 heteroatoms. The van der Waals surface area contributed by atoms with E-state index in [2.05, 4.69) is 53.9 Å². The molecule has 84 valence electrons. The molecule has 1 aromatic rings. The average Bonchev–Trinajstić information content (AvgIpc) is 2.38. The standard InChI is InChI=1S/C15H19N/c1-16-15-9-5-8-14(12-15)11-10-13-6-3-2-4-7-13/h2-9,15-16H,10-12H2,1H3. The van der Waals surface area contributed by atoms with Gasteiger partial charge in [0.05, 0.1) is 0 Å². The fraction of sp³-hybridized carbons (Fsp3) is 0.333. The van der Waals surface area contributed by atoms with Gasteiger partial charge >= 0.3 is 0 Å². The van der Waals surface area contributed by atoms with Crippen molar-refractivity contribution in [1.82, 2.24) is 5.32 Å². The monoisotopic (exact) mass is 213 g/mol. The smallest absolute Gasteiger partial charge is 0.0287 e. The first-order valence-electron chi connectivity index (χ1n) is 5.96. The largest absolute Gasteiger partial charge is 0.313 e. The van der Waals surface area contributed by atoms with Crippen LogP contribution in [0.15, 0.2) is 54.1 Å². The fourth-order valence-electron chi connectivity index (χ4n) is 2.08. The summed E-state index contributed by atoms with van der Waals surface area (Å²) in [5.41, 5.74) is 2.98. The number of hydrogen-bond donors (Lipinski definition) is 1. The summed E-state index contributed by atoms with van der Waals surface area (Å²) in [7, 11) is 2.02. The summed E-state index contributed by atoms with van der Waals surface area (Å²) in [4.78, 5) is 0. The second kappa shape index (κ2) is 5.66. The first-order valence-corrected chi connectivity index (χ1v) is 5.96. The molecule has 1 N–H and O–H groups in total. The van der Waals surface area contributed by atoms with Crippen molar-refractivity contribution >= 4 is 0 Å². The minimum Gasteiger partial charge on any atom is -0.313 e. The Balaban J connectivity index is 1.87. The minimum atomic E-state index is 0.524. The van der Waals surface area contributed by atoms with Crippen LogP contribution in [0.5, 0.6) is 0 Å². The van der Waals surface area contributed by atoms with Crippen LogP contribution in [0.3, 0.4) is 0 Å². The molecular formula is C15H19N. The van der Waals surface area contributed by atoms with Gasteiger partial charge in [0, 0.05) is 6.04 Å². The number of hydrogen-bond acceptors (Lipinski definition) is 1. The van der Waals surface area contributed by atoms with Gasteiger partial charge in [0.2, 0.25) is 0 Å². The molecule has 0 aromatic heterocycles. The van der Waals surface area contributed by atoms with Gasteiger partial charge < -0.3 is 5.32 Å². The second-order valence-electron chi connectivity index (χ2n) is 4.29. The normalized spacial score (nSPS) is 19.6. The quantitative estimate of drug-likeness (QED) is 0.810. The number of nitrogens with one attached hydrogen (secondary N) is 1. The van der Waals surface area contributed by atoms with E-state index in [4.69, 9.17) is 0 Å². The highest BCUT2D eigenvalue weighted by Crippen LogP contribution is 2.18. The molecular weight excluding hydrogens is 194 g/mol. The van der Waals surface area contributed by atoms with E-state index in [1.807, 2.05) is 7.05 Å². The van der Waals surface area contributed by atoms with Crippen LogP contribution in [0.2, 0.25) is 0 Å². The molecule has 1 aromatic carbocycles. The van der Waals surface area contributed by atoms with E-state index in [0.717, 1.165) is 12.8 Å². The van der Waals surface area contributed by atoms with E-state index >= 15 is 0 Å². The third-order valence-electron chi connectivity index (χ3n) is 3.11. The van der Waals surface area contributed by atoms with Crippen molar-refractivity contribution < 1.29 is 0 Å². The lowest BCUT2D eigenvalue weighted by atomic mass is 9.95. The maximum absolute atomic E-state index is 3.30. The molecule has 0 saturated heterocycles. The van der Waals surface area contributed by atoms with Crippen LogP contribution in [0.1, 0.15) is 18.4 Å². The zero-order chi connectivity index (χ0) is 11.2. The lowest BCUT2D eigenvalue weighted by Crippen LogP contribution is -2.24. The zero-order valence-electron chi connectivity index (χ0n) is 9.82. The molecule has 1 unspecified atom stereocenters. The summed E-state index contributed by atoms with van der Waals surface area (Å²) >= 11 is 0. The van der Waals surface area contributed by atoms with Gasteiger partial charge in [-0.1, -0.05) is 54.1 Å². The Morgan fingerprint density at radius 3 is 2.75 bits per heavy atom. The molecule has 1 nitrogen and oxygen atoms in total. The van der Waals surface area contributed by atoms with Gasteiger partial charge in [0.15, 0.2) is 0 Å². The molecule has 2 rings (SSSR count). The van der Waals surface area contributed by atoms with Crippen molar-refractivity contribution in [3.63, 3.8) is 0 Å². The molecule has 1 aliphatic carbocycles. The molecule has 0 heterocycles. The Hall–Kier alpha value is -1.34. The predicted octanol–water partition coefficient (Wildman–Crippen LogP) is 3.09. The number of likely N-dealkylation sites (N-methyl/N-ethyl adjacent to an activating group) is 1. The van der Waals surface area contributed by atoms with Crippen molar-refractivity contribution in [3.8, 4) is 0 Å². The lowest BCUT2D eigenvalue weighted by Gasteiger charge is -2.17.